The minimum Gasteiger partial charge on any atom is -0.310 e. The van der Waals surface area contributed by atoms with Crippen LogP contribution in [0.4, 0.5) is 0 Å². The summed E-state index contributed by atoms with van der Waals surface area (Å²) in [5, 5.41) is 3.60. The quantitative estimate of drug-likeness (QED) is 0.629. The number of rotatable bonds is 7. The second-order valence-electron chi connectivity index (χ2n) is 4.02. The molecule has 0 aromatic carbocycles. The Morgan fingerprint density at radius 1 is 1.23 bits per heavy atom. The van der Waals surface area contributed by atoms with Gasteiger partial charge in [0, 0.05) is 11.4 Å². The van der Waals surface area contributed by atoms with Crippen molar-refractivity contribution >= 4 is 11.6 Å². The van der Waals surface area contributed by atoms with Crippen molar-refractivity contribution in [3.8, 4) is 0 Å². The van der Waals surface area contributed by atoms with Crippen LogP contribution in [0.25, 0.3) is 0 Å². The molecule has 2 heteroatoms. The lowest BCUT2D eigenvalue weighted by Gasteiger charge is -2.32. The molecule has 0 spiro atoms. The van der Waals surface area contributed by atoms with Crippen LogP contribution < -0.4 is 5.32 Å². The van der Waals surface area contributed by atoms with Crippen LogP contribution >= 0.6 is 11.6 Å². The zero-order chi connectivity index (χ0) is 10.3. The summed E-state index contributed by atoms with van der Waals surface area (Å²) in [6.45, 7) is 10.00. The molecule has 0 bridgehead atoms. The Morgan fingerprint density at radius 2 is 1.77 bits per heavy atom. The molecular weight excluding hydrogens is 182 g/mol. The number of hydrogen-bond acceptors (Lipinski definition) is 1. The normalized spacial score (nSPS) is 14.5. The molecule has 0 aliphatic carbocycles. The van der Waals surface area contributed by atoms with Crippen LogP contribution in [0, 0.1) is 5.92 Å². The van der Waals surface area contributed by atoms with Gasteiger partial charge in [-0.25, -0.2) is 0 Å². The van der Waals surface area contributed by atoms with Crippen molar-refractivity contribution in [2.24, 2.45) is 5.92 Å². The van der Waals surface area contributed by atoms with Gasteiger partial charge in [0.15, 0.2) is 0 Å². The van der Waals surface area contributed by atoms with E-state index in [0.717, 1.165) is 31.2 Å². The van der Waals surface area contributed by atoms with Gasteiger partial charge in [-0.15, -0.1) is 11.6 Å². The van der Waals surface area contributed by atoms with E-state index in [-0.39, 0.29) is 5.54 Å². The summed E-state index contributed by atoms with van der Waals surface area (Å²) in [6.07, 6.45) is 3.46. The van der Waals surface area contributed by atoms with Crippen LogP contribution in [0.3, 0.4) is 0 Å². The van der Waals surface area contributed by atoms with Gasteiger partial charge in [0.1, 0.15) is 0 Å². The van der Waals surface area contributed by atoms with Crippen molar-refractivity contribution in [2.75, 3.05) is 12.4 Å². The first-order chi connectivity index (χ1) is 6.14. The van der Waals surface area contributed by atoms with E-state index < -0.39 is 0 Å². The molecule has 0 aromatic heterocycles. The van der Waals surface area contributed by atoms with Gasteiger partial charge in [0.05, 0.1) is 0 Å². The summed E-state index contributed by atoms with van der Waals surface area (Å²) in [4.78, 5) is 0. The molecule has 0 amide bonds. The predicted molar refractivity (Wildman–Crippen MR) is 61.5 cm³/mol. The summed E-state index contributed by atoms with van der Waals surface area (Å²) in [7, 11) is 0. The Labute approximate surface area is 88.2 Å². The van der Waals surface area contributed by atoms with Crippen molar-refractivity contribution in [3.63, 3.8) is 0 Å². The highest BCUT2D eigenvalue weighted by atomic mass is 35.5. The van der Waals surface area contributed by atoms with Crippen LogP contribution in [-0.2, 0) is 0 Å². The lowest BCUT2D eigenvalue weighted by atomic mass is 9.94. The lowest BCUT2D eigenvalue weighted by molar-refractivity contribution is 0.311. The molecule has 1 unspecified atom stereocenters. The van der Waals surface area contributed by atoms with Gasteiger partial charge < -0.3 is 5.32 Å². The number of alkyl halides is 1. The molecule has 0 rings (SSSR count). The summed E-state index contributed by atoms with van der Waals surface area (Å²) in [5.74, 6) is 1.47. The van der Waals surface area contributed by atoms with Gasteiger partial charge >= 0.3 is 0 Å². The molecule has 13 heavy (non-hydrogen) atoms. The average molecular weight is 206 g/mol. The fraction of sp³-hybridized carbons (Fsp3) is 1.00. The first-order valence-electron chi connectivity index (χ1n) is 5.45. The topological polar surface area (TPSA) is 12.0 Å². The third-order valence-electron chi connectivity index (χ3n) is 3.13. The van der Waals surface area contributed by atoms with Crippen molar-refractivity contribution in [1.82, 2.24) is 5.32 Å². The molecule has 1 nitrogen and oxygen atoms in total. The highest BCUT2D eigenvalue weighted by Crippen LogP contribution is 2.17. The molecule has 0 heterocycles. The van der Waals surface area contributed by atoms with Gasteiger partial charge in [0.2, 0.25) is 0 Å². The van der Waals surface area contributed by atoms with E-state index in [0.29, 0.717) is 0 Å². The molecule has 0 aliphatic rings. The first kappa shape index (κ1) is 13.2. The standard InChI is InChI=1S/C11H24ClN/c1-5-10(4)8-13-11(6-2,7-3)9-12/h10,13H,5-9H2,1-4H3. The van der Waals surface area contributed by atoms with Gasteiger partial charge in [-0.3, -0.25) is 0 Å². The molecule has 0 saturated heterocycles. The Bertz CT molecular complexity index is 113. The third kappa shape index (κ3) is 4.33. The van der Waals surface area contributed by atoms with Crippen molar-refractivity contribution in [2.45, 2.75) is 52.5 Å². The van der Waals surface area contributed by atoms with Crippen molar-refractivity contribution in [3.05, 3.63) is 0 Å². The molecule has 0 fully saturated rings. The fourth-order valence-corrected chi connectivity index (χ4v) is 1.74. The van der Waals surface area contributed by atoms with E-state index in [1.807, 2.05) is 0 Å². The van der Waals surface area contributed by atoms with Crippen LogP contribution in [0.1, 0.15) is 47.0 Å². The summed E-state index contributed by atoms with van der Waals surface area (Å²) >= 11 is 5.99. The highest BCUT2D eigenvalue weighted by molar-refractivity contribution is 6.18. The van der Waals surface area contributed by atoms with E-state index in [4.69, 9.17) is 11.6 Å². The van der Waals surface area contributed by atoms with E-state index in [1.165, 1.54) is 6.42 Å². The maximum absolute atomic E-state index is 5.99. The zero-order valence-corrected chi connectivity index (χ0v) is 10.2. The SMILES string of the molecule is CCC(C)CNC(CC)(CC)CCl. The Hall–Kier alpha value is 0.250. The lowest BCUT2D eigenvalue weighted by Crippen LogP contribution is -2.47. The molecule has 0 radical (unpaired) electrons. The monoisotopic (exact) mass is 205 g/mol. The Morgan fingerprint density at radius 3 is 2.08 bits per heavy atom. The third-order valence-corrected chi connectivity index (χ3v) is 3.64. The van der Waals surface area contributed by atoms with Gasteiger partial charge in [0.25, 0.3) is 0 Å². The van der Waals surface area contributed by atoms with Crippen LogP contribution in [0.15, 0.2) is 0 Å². The number of nitrogens with one attached hydrogen (secondary N) is 1. The maximum atomic E-state index is 5.99. The average Bonchev–Trinajstić information content (AvgIpc) is 2.20. The van der Waals surface area contributed by atoms with Crippen LogP contribution in [0.2, 0.25) is 0 Å². The summed E-state index contributed by atoms with van der Waals surface area (Å²) in [6, 6.07) is 0. The molecule has 1 N–H and O–H groups in total. The minimum absolute atomic E-state index is 0.172. The summed E-state index contributed by atoms with van der Waals surface area (Å²) < 4.78 is 0. The molecule has 80 valence electrons. The van der Waals surface area contributed by atoms with E-state index >= 15 is 0 Å². The Balaban J connectivity index is 3.95. The molecule has 0 aromatic rings. The van der Waals surface area contributed by atoms with Gasteiger partial charge in [-0.05, 0) is 25.3 Å². The smallest absolute Gasteiger partial charge is 0.0405 e. The second-order valence-corrected chi connectivity index (χ2v) is 4.28. The van der Waals surface area contributed by atoms with Crippen molar-refractivity contribution in [1.29, 1.82) is 0 Å². The van der Waals surface area contributed by atoms with Crippen LogP contribution in [0.5, 0.6) is 0 Å². The van der Waals surface area contributed by atoms with Gasteiger partial charge in [-0.2, -0.15) is 0 Å². The maximum Gasteiger partial charge on any atom is 0.0405 e. The van der Waals surface area contributed by atoms with Gasteiger partial charge in [-0.1, -0.05) is 34.1 Å². The van der Waals surface area contributed by atoms with E-state index in [9.17, 15) is 0 Å². The second kappa shape index (κ2) is 6.67. The minimum atomic E-state index is 0.172. The predicted octanol–water partition coefficient (Wildman–Crippen LogP) is 3.42. The highest BCUT2D eigenvalue weighted by Gasteiger charge is 2.24. The van der Waals surface area contributed by atoms with E-state index in [2.05, 4.69) is 33.0 Å². The largest absolute Gasteiger partial charge is 0.310 e. The molecule has 0 saturated carbocycles. The van der Waals surface area contributed by atoms with Crippen LogP contribution in [-0.4, -0.2) is 18.0 Å². The summed E-state index contributed by atoms with van der Waals surface area (Å²) in [5.41, 5.74) is 0.172. The number of halogens is 1. The molecule has 1 atom stereocenters. The van der Waals surface area contributed by atoms with E-state index in [1.54, 1.807) is 0 Å². The Kier molecular flexibility index (Phi) is 6.79. The molecular formula is C11H24ClN. The van der Waals surface area contributed by atoms with Crippen molar-refractivity contribution < 1.29 is 0 Å². The fourth-order valence-electron chi connectivity index (χ4n) is 1.27. The first-order valence-corrected chi connectivity index (χ1v) is 5.98. The molecule has 0 aliphatic heterocycles. The number of hydrogen-bond donors (Lipinski definition) is 1. The zero-order valence-electron chi connectivity index (χ0n) is 9.49.